The van der Waals surface area contributed by atoms with Crippen LogP contribution in [0.5, 0.6) is 5.75 Å². The van der Waals surface area contributed by atoms with Crippen LogP contribution < -0.4 is 9.64 Å². The maximum absolute atomic E-state index is 11.8. The van der Waals surface area contributed by atoms with Gasteiger partial charge in [-0.15, -0.1) is 5.10 Å². The Balaban J connectivity index is 1.69. The molecular weight excluding hydrogens is 322 g/mol. The van der Waals surface area contributed by atoms with E-state index in [0.717, 1.165) is 17.0 Å². The van der Waals surface area contributed by atoms with E-state index in [9.17, 15) is 4.79 Å². The van der Waals surface area contributed by atoms with E-state index in [1.807, 2.05) is 29.2 Å². The van der Waals surface area contributed by atoms with Crippen LogP contribution in [0, 0.1) is 0 Å². The Bertz CT molecular complexity index is 714. The van der Waals surface area contributed by atoms with Crippen molar-refractivity contribution >= 4 is 12.0 Å². The molecule has 8 heteroatoms. The second kappa shape index (κ2) is 7.78. The zero-order valence-electron chi connectivity index (χ0n) is 14.4. The highest BCUT2D eigenvalue weighted by molar-refractivity contribution is 5.68. The maximum Gasteiger partial charge on any atom is 0.409 e. The van der Waals surface area contributed by atoms with Crippen LogP contribution in [0.3, 0.4) is 0 Å². The number of aromatic nitrogens is 3. The minimum atomic E-state index is -0.270. The van der Waals surface area contributed by atoms with E-state index in [0.29, 0.717) is 38.7 Å². The van der Waals surface area contributed by atoms with Gasteiger partial charge in [-0.25, -0.2) is 9.78 Å². The average molecular weight is 343 g/mol. The first-order chi connectivity index (χ1) is 12.2. The summed E-state index contributed by atoms with van der Waals surface area (Å²) in [5, 5.41) is 8.21. The SMILES string of the molecule is CCOC(=O)N1CCN(c2nncc(-c3ccc(OC)cc3)n2)CC1. The van der Waals surface area contributed by atoms with Crippen molar-refractivity contribution < 1.29 is 14.3 Å². The number of nitrogens with zero attached hydrogens (tertiary/aromatic N) is 5. The minimum Gasteiger partial charge on any atom is -0.497 e. The Kier molecular flexibility index (Phi) is 5.27. The summed E-state index contributed by atoms with van der Waals surface area (Å²) in [5.41, 5.74) is 1.70. The van der Waals surface area contributed by atoms with Crippen molar-refractivity contribution in [1.29, 1.82) is 0 Å². The lowest BCUT2D eigenvalue weighted by Crippen LogP contribution is -2.49. The number of ether oxygens (including phenoxy) is 2. The van der Waals surface area contributed by atoms with Crippen molar-refractivity contribution in [3.8, 4) is 17.0 Å². The van der Waals surface area contributed by atoms with E-state index < -0.39 is 0 Å². The van der Waals surface area contributed by atoms with E-state index in [2.05, 4.69) is 15.2 Å². The van der Waals surface area contributed by atoms with Crippen molar-refractivity contribution in [2.75, 3.05) is 44.8 Å². The fraction of sp³-hybridized carbons (Fsp3) is 0.412. The number of anilines is 1. The predicted molar refractivity (Wildman–Crippen MR) is 92.6 cm³/mol. The van der Waals surface area contributed by atoms with Gasteiger partial charge in [0.15, 0.2) is 0 Å². The zero-order chi connectivity index (χ0) is 17.6. The first-order valence-corrected chi connectivity index (χ1v) is 8.22. The van der Waals surface area contributed by atoms with E-state index in [-0.39, 0.29) is 6.09 Å². The number of methoxy groups -OCH3 is 1. The van der Waals surface area contributed by atoms with E-state index >= 15 is 0 Å². The molecule has 1 aliphatic rings. The Labute approximate surface area is 146 Å². The third-order valence-electron chi connectivity index (χ3n) is 4.02. The molecule has 2 aromatic rings. The average Bonchev–Trinajstić information content (AvgIpc) is 2.68. The molecule has 1 aromatic carbocycles. The summed E-state index contributed by atoms with van der Waals surface area (Å²) in [4.78, 5) is 20.1. The van der Waals surface area contributed by atoms with Gasteiger partial charge in [-0.1, -0.05) is 0 Å². The topological polar surface area (TPSA) is 80.7 Å². The molecular formula is C17H21N5O3. The number of hydrogen-bond acceptors (Lipinski definition) is 7. The molecule has 0 atom stereocenters. The largest absolute Gasteiger partial charge is 0.497 e. The first kappa shape index (κ1) is 16.9. The summed E-state index contributed by atoms with van der Waals surface area (Å²) >= 11 is 0. The molecule has 2 heterocycles. The van der Waals surface area contributed by atoms with Gasteiger partial charge in [0.2, 0.25) is 5.95 Å². The summed E-state index contributed by atoms with van der Waals surface area (Å²) in [5.74, 6) is 1.36. The molecule has 0 unspecified atom stereocenters. The maximum atomic E-state index is 11.8. The normalized spacial score (nSPS) is 14.3. The van der Waals surface area contributed by atoms with Crippen molar-refractivity contribution in [3.63, 3.8) is 0 Å². The second-order valence-electron chi connectivity index (χ2n) is 5.54. The number of hydrogen-bond donors (Lipinski definition) is 0. The molecule has 1 aliphatic heterocycles. The summed E-state index contributed by atoms with van der Waals surface area (Å²) in [6.07, 6.45) is 1.37. The number of carbonyl (C=O) groups is 1. The van der Waals surface area contributed by atoms with Crippen LogP contribution in [0.1, 0.15) is 6.92 Å². The van der Waals surface area contributed by atoms with Gasteiger partial charge in [-0.2, -0.15) is 5.10 Å². The molecule has 8 nitrogen and oxygen atoms in total. The van der Waals surface area contributed by atoms with Gasteiger partial charge in [0.05, 0.1) is 25.6 Å². The summed E-state index contributed by atoms with van der Waals surface area (Å²) in [7, 11) is 1.63. The molecule has 0 saturated carbocycles. The molecule has 0 aliphatic carbocycles. The second-order valence-corrected chi connectivity index (χ2v) is 5.54. The molecule has 1 amide bonds. The van der Waals surface area contributed by atoms with Gasteiger partial charge in [-0.05, 0) is 31.2 Å². The van der Waals surface area contributed by atoms with Crippen LogP contribution in [0.15, 0.2) is 30.5 Å². The quantitative estimate of drug-likeness (QED) is 0.837. The number of benzene rings is 1. The molecule has 0 bridgehead atoms. The van der Waals surface area contributed by atoms with Crippen LogP contribution in [0.25, 0.3) is 11.3 Å². The molecule has 25 heavy (non-hydrogen) atoms. The van der Waals surface area contributed by atoms with Crippen LogP contribution in [0.4, 0.5) is 10.7 Å². The standard InChI is InChI=1S/C17H21N5O3/c1-3-25-17(23)22-10-8-21(9-11-22)16-19-15(12-18-20-16)13-4-6-14(24-2)7-5-13/h4-7,12H,3,8-11H2,1-2H3. The Morgan fingerprint density at radius 3 is 2.52 bits per heavy atom. The van der Waals surface area contributed by atoms with Gasteiger partial charge in [0.1, 0.15) is 5.75 Å². The van der Waals surface area contributed by atoms with Crippen LogP contribution >= 0.6 is 0 Å². The molecule has 1 aromatic heterocycles. The molecule has 1 fully saturated rings. The molecule has 0 spiro atoms. The first-order valence-electron chi connectivity index (χ1n) is 8.22. The third-order valence-corrected chi connectivity index (χ3v) is 4.02. The minimum absolute atomic E-state index is 0.270. The molecule has 0 N–H and O–H groups in total. The Morgan fingerprint density at radius 1 is 1.16 bits per heavy atom. The van der Waals surface area contributed by atoms with Gasteiger partial charge < -0.3 is 19.3 Å². The highest BCUT2D eigenvalue weighted by Crippen LogP contribution is 2.21. The van der Waals surface area contributed by atoms with Gasteiger partial charge >= 0.3 is 6.09 Å². The fourth-order valence-corrected chi connectivity index (χ4v) is 2.63. The predicted octanol–water partition coefficient (Wildman–Crippen LogP) is 1.83. The Morgan fingerprint density at radius 2 is 1.88 bits per heavy atom. The van der Waals surface area contributed by atoms with Crippen LogP contribution in [-0.2, 0) is 4.74 Å². The molecule has 132 valence electrons. The Hall–Kier alpha value is -2.90. The fourth-order valence-electron chi connectivity index (χ4n) is 2.63. The highest BCUT2D eigenvalue weighted by atomic mass is 16.6. The lowest BCUT2D eigenvalue weighted by molar-refractivity contribution is 0.105. The zero-order valence-corrected chi connectivity index (χ0v) is 14.4. The van der Waals surface area contributed by atoms with Crippen LogP contribution in [0.2, 0.25) is 0 Å². The highest BCUT2D eigenvalue weighted by Gasteiger charge is 2.23. The lowest BCUT2D eigenvalue weighted by Gasteiger charge is -2.33. The smallest absolute Gasteiger partial charge is 0.409 e. The number of piperazine rings is 1. The van der Waals surface area contributed by atoms with Crippen molar-refractivity contribution in [2.45, 2.75) is 6.92 Å². The summed E-state index contributed by atoms with van der Waals surface area (Å²) < 4.78 is 10.2. The van der Waals surface area contributed by atoms with E-state index in [1.54, 1.807) is 25.1 Å². The van der Waals surface area contributed by atoms with E-state index in [4.69, 9.17) is 9.47 Å². The number of amides is 1. The van der Waals surface area contributed by atoms with Gasteiger partial charge in [0.25, 0.3) is 0 Å². The van der Waals surface area contributed by atoms with Crippen LogP contribution in [-0.4, -0.2) is 66.1 Å². The van der Waals surface area contributed by atoms with Crippen molar-refractivity contribution in [2.24, 2.45) is 0 Å². The van der Waals surface area contributed by atoms with Gasteiger partial charge in [0, 0.05) is 31.7 Å². The molecule has 0 radical (unpaired) electrons. The molecule has 1 saturated heterocycles. The van der Waals surface area contributed by atoms with Gasteiger partial charge in [-0.3, -0.25) is 0 Å². The lowest BCUT2D eigenvalue weighted by atomic mass is 10.1. The van der Waals surface area contributed by atoms with Crippen molar-refractivity contribution in [1.82, 2.24) is 20.1 Å². The summed E-state index contributed by atoms with van der Waals surface area (Å²) in [6.45, 7) is 4.64. The molecule has 3 rings (SSSR count). The van der Waals surface area contributed by atoms with E-state index in [1.165, 1.54) is 0 Å². The monoisotopic (exact) mass is 343 g/mol. The number of carbonyl (C=O) groups excluding carboxylic acids is 1. The van der Waals surface area contributed by atoms with Crippen molar-refractivity contribution in [3.05, 3.63) is 30.5 Å². The third kappa shape index (κ3) is 3.96. The summed E-state index contributed by atoms with van der Waals surface area (Å²) in [6, 6.07) is 7.64. The number of rotatable bonds is 4.